The van der Waals surface area contributed by atoms with Crippen molar-refractivity contribution in [1.29, 1.82) is 0 Å². The summed E-state index contributed by atoms with van der Waals surface area (Å²) in [6.45, 7) is 0. The fourth-order valence-electron chi connectivity index (χ4n) is 2.36. The summed E-state index contributed by atoms with van der Waals surface area (Å²) in [4.78, 5) is 5.52. The molecule has 0 atom stereocenters. The van der Waals surface area contributed by atoms with Gasteiger partial charge in [0.1, 0.15) is 17.1 Å². The zero-order valence-electron chi connectivity index (χ0n) is 11.0. The number of rotatable bonds is 2. The molecular weight excluding hydrogens is 283 g/mol. The van der Waals surface area contributed by atoms with Crippen molar-refractivity contribution in [2.45, 2.75) is 0 Å². The van der Waals surface area contributed by atoms with Gasteiger partial charge in [-0.15, -0.1) is 11.3 Å². The molecule has 21 heavy (non-hydrogen) atoms. The molecule has 4 heteroatoms. The van der Waals surface area contributed by atoms with E-state index in [1.807, 2.05) is 24.5 Å². The number of benzene rings is 2. The highest BCUT2D eigenvalue weighted by atomic mass is 32.1. The monoisotopic (exact) mass is 294 g/mol. The van der Waals surface area contributed by atoms with Gasteiger partial charge in [0.25, 0.3) is 0 Å². The maximum Gasteiger partial charge on any atom is 0.123 e. The molecule has 0 radical (unpaired) electrons. The summed E-state index contributed by atoms with van der Waals surface area (Å²) in [7, 11) is 0. The second kappa shape index (κ2) is 4.82. The molecule has 0 aliphatic carbocycles. The Bertz CT molecular complexity index is 906. The van der Waals surface area contributed by atoms with Gasteiger partial charge in [0.05, 0.1) is 11.0 Å². The second-order valence-electron chi connectivity index (χ2n) is 4.75. The quantitative estimate of drug-likeness (QED) is 0.514. The summed E-state index contributed by atoms with van der Waals surface area (Å²) in [6.07, 6.45) is 1.84. The number of thiophene rings is 1. The average molecular weight is 294 g/mol. The Morgan fingerprint density at radius 1 is 0.905 bits per heavy atom. The zero-order valence-corrected chi connectivity index (χ0v) is 11.8. The van der Waals surface area contributed by atoms with Crippen LogP contribution in [0.2, 0.25) is 0 Å². The largest absolute Gasteiger partial charge is 0.290 e. The van der Waals surface area contributed by atoms with Gasteiger partial charge in [-0.25, -0.2) is 9.37 Å². The number of hydrogen-bond donors (Lipinski definition) is 0. The van der Waals surface area contributed by atoms with Crippen LogP contribution in [0.25, 0.3) is 26.5 Å². The van der Waals surface area contributed by atoms with Crippen LogP contribution in [-0.4, -0.2) is 9.55 Å². The minimum Gasteiger partial charge on any atom is -0.290 e. The van der Waals surface area contributed by atoms with E-state index in [2.05, 4.69) is 27.8 Å². The lowest BCUT2D eigenvalue weighted by molar-refractivity contribution is 0.628. The molecule has 2 nitrogen and oxygen atoms in total. The molecule has 2 heterocycles. The van der Waals surface area contributed by atoms with E-state index in [-0.39, 0.29) is 5.82 Å². The van der Waals surface area contributed by atoms with Crippen molar-refractivity contribution in [1.82, 2.24) is 9.55 Å². The number of fused-ring (bicyclic) bond motifs is 1. The van der Waals surface area contributed by atoms with Crippen molar-refractivity contribution in [2.75, 3.05) is 0 Å². The van der Waals surface area contributed by atoms with E-state index in [0.717, 1.165) is 26.5 Å². The Morgan fingerprint density at radius 2 is 1.71 bits per heavy atom. The van der Waals surface area contributed by atoms with Crippen LogP contribution in [0.1, 0.15) is 0 Å². The first-order chi connectivity index (χ1) is 10.3. The molecule has 0 spiro atoms. The highest BCUT2D eigenvalue weighted by Crippen LogP contribution is 2.31. The van der Waals surface area contributed by atoms with Crippen LogP contribution in [0.5, 0.6) is 0 Å². The Kier molecular flexibility index (Phi) is 2.82. The molecule has 0 saturated carbocycles. The van der Waals surface area contributed by atoms with E-state index in [1.54, 1.807) is 23.5 Å². The van der Waals surface area contributed by atoms with Crippen LogP contribution in [0.4, 0.5) is 4.39 Å². The number of para-hydroxylation sites is 2. The molecule has 0 N–H and O–H groups in total. The molecule has 0 amide bonds. The van der Waals surface area contributed by atoms with Crippen molar-refractivity contribution in [2.24, 2.45) is 0 Å². The highest BCUT2D eigenvalue weighted by Gasteiger charge is 2.08. The normalized spacial score (nSPS) is 11.1. The topological polar surface area (TPSA) is 17.8 Å². The van der Waals surface area contributed by atoms with Crippen LogP contribution in [-0.2, 0) is 0 Å². The number of imidazole rings is 1. The first-order valence-electron chi connectivity index (χ1n) is 6.59. The molecular formula is C17H11FN2S. The standard InChI is InChI=1S/C17H11FN2S/c18-13-7-5-12(6-8-13)16-9-10-17(21-16)20-11-19-14-3-1-2-4-15(14)20/h1-11H. The van der Waals surface area contributed by atoms with Gasteiger partial charge in [-0.05, 0) is 42.0 Å². The van der Waals surface area contributed by atoms with Crippen molar-refractivity contribution < 1.29 is 4.39 Å². The number of aromatic nitrogens is 2. The Hall–Kier alpha value is -2.46. The molecule has 0 fully saturated rings. The summed E-state index contributed by atoms with van der Waals surface area (Å²) in [5, 5.41) is 1.10. The zero-order chi connectivity index (χ0) is 14.2. The minimum atomic E-state index is -0.212. The molecule has 0 saturated heterocycles. The molecule has 0 aliphatic heterocycles. The fourth-order valence-corrected chi connectivity index (χ4v) is 3.36. The van der Waals surface area contributed by atoms with E-state index in [0.29, 0.717) is 0 Å². The van der Waals surface area contributed by atoms with Gasteiger partial charge < -0.3 is 0 Å². The van der Waals surface area contributed by atoms with Crippen LogP contribution >= 0.6 is 11.3 Å². The van der Waals surface area contributed by atoms with E-state index < -0.39 is 0 Å². The van der Waals surface area contributed by atoms with E-state index in [1.165, 1.54) is 12.1 Å². The molecule has 0 bridgehead atoms. The van der Waals surface area contributed by atoms with Crippen molar-refractivity contribution in [3.8, 4) is 15.4 Å². The molecule has 2 aromatic heterocycles. The summed E-state index contributed by atoms with van der Waals surface area (Å²) in [6, 6.07) is 18.8. The average Bonchev–Trinajstić information content (AvgIpc) is 3.14. The van der Waals surface area contributed by atoms with Crippen LogP contribution < -0.4 is 0 Å². The van der Waals surface area contributed by atoms with E-state index >= 15 is 0 Å². The summed E-state index contributed by atoms with van der Waals surface area (Å²) in [5.74, 6) is -0.212. The van der Waals surface area contributed by atoms with Crippen LogP contribution in [0.15, 0.2) is 67.0 Å². The first-order valence-corrected chi connectivity index (χ1v) is 7.41. The van der Waals surface area contributed by atoms with Gasteiger partial charge in [0.15, 0.2) is 0 Å². The third-order valence-electron chi connectivity index (χ3n) is 3.41. The maximum absolute atomic E-state index is 13.0. The lowest BCUT2D eigenvalue weighted by atomic mass is 10.2. The summed E-state index contributed by atoms with van der Waals surface area (Å²) < 4.78 is 15.1. The fraction of sp³-hybridized carbons (Fsp3) is 0. The molecule has 0 aliphatic rings. The van der Waals surface area contributed by atoms with Gasteiger partial charge in [0, 0.05) is 4.88 Å². The SMILES string of the molecule is Fc1ccc(-c2ccc(-n3cnc4ccccc43)s2)cc1. The van der Waals surface area contributed by atoms with Gasteiger partial charge in [0.2, 0.25) is 0 Å². The summed E-state index contributed by atoms with van der Waals surface area (Å²) in [5.41, 5.74) is 3.09. The molecule has 2 aromatic carbocycles. The van der Waals surface area contributed by atoms with Crippen LogP contribution in [0.3, 0.4) is 0 Å². The minimum absolute atomic E-state index is 0.212. The molecule has 102 valence electrons. The number of nitrogens with zero attached hydrogens (tertiary/aromatic N) is 2. The predicted molar refractivity (Wildman–Crippen MR) is 84.3 cm³/mol. The van der Waals surface area contributed by atoms with Gasteiger partial charge >= 0.3 is 0 Å². The Balaban J connectivity index is 1.79. The third kappa shape index (κ3) is 2.14. The van der Waals surface area contributed by atoms with Gasteiger partial charge in [-0.1, -0.05) is 24.3 Å². The molecule has 4 aromatic rings. The van der Waals surface area contributed by atoms with Gasteiger partial charge in [-0.3, -0.25) is 4.57 Å². The maximum atomic E-state index is 13.0. The van der Waals surface area contributed by atoms with Crippen molar-refractivity contribution in [3.05, 3.63) is 72.8 Å². The van der Waals surface area contributed by atoms with E-state index in [4.69, 9.17) is 0 Å². The highest BCUT2D eigenvalue weighted by molar-refractivity contribution is 7.17. The smallest absolute Gasteiger partial charge is 0.123 e. The second-order valence-corrected chi connectivity index (χ2v) is 5.81. The lowest BCUT2D eigenvalue weighted by Crippen LogP contribution is -1.86. The van der Waals surface area contributed by atoms with E-state index in [9.17, 15) is 4.39 Å². The number of halogens is 1. The molecule has 4 rings (SSSR count). The molecule has 0 unspecified atom stereocenters. The first kappa shape index (κ1) is 12.3. The Morgan fingerprint density at radius 3 is 2.57 bits per heavy atom. The Labute approximate surface area is 125 Å². The van der Waals surface area contributed by atoms with Crippen LogP contribution in [0, 0.1) is 5.82 Å². The predicted octanol–water partition coefficient (Wildman–Crippen LogP) is 4.89. The number of hydrogen-bond acceptors (Lipinski definition) is 2. The van der Waals surface area contributed by atoms with Crippen molar-refractivity contribution >= 4 is 22.4 Å². The van der Waals surface area contributed by atoms with Crippen molar-refractivity contribution in [3.63, 3.8) is 0 Å². The lowest BCUT2D eigenvalue weighted by Gasteiger charge is -2.00. The summed E-state index contributed by atoms with van der Waals surface area (Å²) >= 11 is 1.66. The third-order valence-corrected chi connectivity index (χ3v) is 4.55. The van der Waals surface area contributed by atoms with Gasteiger partial charge in [-0.2, -0.15) is 0 Å².